The molecule has 2 aromatic carbocycles. The Labute approximate surface area is 118 Å². The molecule has 0 saturated carbocycles. The standard InChI is InChI=1S/C16H17NO3/c18-10-12-5-7-13(8-6-12)17-9-14-11-19-15-3-1-2-4-16(15)20-14/h1-8,14,17-18H,9-11H2. The van der Waals surface area contributed by atoms with E-state index in [1.807, 2.05) is 48.5 Å². The van der Waals surface area contributed by atoms with E-state index in [1.165, 1.54) is 0 Å². The first-order chi connectivity index (χ1) is 9.85. The maximum atomic E-state index is 9.00. The van der Waals surface area contributed by atoms with Crippen molar-refractivity contribution in [3.05, 3.63) is 54.1 Å². The smallest absolute Gasteiger partial charge is 0.161 e. The molecule has 0 aliphatic carbocycles. The first kappa shape index (κ1) is 12.8. The van der Waals surface area contributed by atoms with Crippen molar-refractivity contribution in [2.75, 3.05) is 18.5 Å². The first-order valence-electron chi connectivity index (χ1n) is 6.67. The Morgan fingerprint density at radius 2 is 1.80 bits per heavy atom. The molecule has 0 bridgehead atoms. The maximum absolute atomic E-state index is 9.00. The second-order valence-electron chi connectivity index (χ2n) is 4.73. The minimum atomic E-state index is -0.0116. The van der Waals surface area contributed by atoms with Crippen molar-refractivity contribution in [2.45, 2.75) is 12.7 Å². The number of benzene rings is 2. The van der Waals surface area contributed by atoms with Crippen LogP contribution in [0, 0.1) is 0 Å². The molecule has 4 nitrogen and oxygen atoms in total. The molecule has 0 saturated heterocycles. The van der Waals surface area contributed by atoms with Crippen LogP contribution in [0.3, 0.4) is 0 Å². The van der Waals surface area contributed by atoms with Crippen LogP contribution in [-0.4, -0.2) is 24.4 Å². The fraction of sp³-hybridized carbons (Fsp3) is 0.250. The molecule has 104 valence electrons. The molecule has 0 radical (unpaired) electrons. The molecule has 1 aliphatic rings. The molecule has 4 heteroatoms. The molecule has 1 aliphatic heterocycles. The van der Waals surface area contributed by atoms with Crippen molar-refractivity contribution in [2.24, 2.45) is 0 Å². The predicted octanol–water partition coefficient (Wildman–Crippen LogP) is 2.43. The van der Waals surface area contributed by atoms with Crippen molar-refractivity contribution in [1.29, 1.82) is 0 Å². The molecule has 0 spiro atoms. The number of aliphatic hydroxyl groups excluding tert-OH is 1. The van der Waals surface area contributed by atoms with Crippen molar-refractivity contribution >= 4 is 5.69 Å². The monoisotopic (exact) mass is 271 g/mol. The number of ether oxygens (including phenoxy) is 2. The van der Waals surface area contributed by atoms with Gasteiger partial charge in [-0.05, 0) is 29.8 Å². The Morgan fingerprint density at radius 1 is 1.05 bits per heavy atom. The lowest BCUT2D eigenvalue weighted by atomic mass is 10.2. The summed E-state index contributed by atoms with van der Waals surface area (Å²) in [5.74, 6) is 1.59. The third kappa shape index (κ3) is 2.86. The van der Waals surface area contributed by atoms with E-state index < -0.39 is 0 Å². The van der Waals surface area contributed by atoms with E-state index >= 15 is 0 Å². The third-order valence-electron chi connectivity index (χ3n) is 3.24. The van der Waals surface area contributed by atoms with Crippen LogP contribution in [0.5, 0.6) is 11.5 Å². The molecular weight excluding hydrogens is 254 g/mol. The summed E-state index contributed by atoms with van der Waals surface area (Å²) in [6, 6.07) is 15.4. The highest BCUT2D eigenvalue weighted by Crippen LogP contribution is 2.30. The highest BCUT2D eigenvalue weighted by atomic mass is 16.6. The Kier molecular flexibility index (Phi) is 3.74. The quantitative estimate of drug-likeness (QED) is 0.896. The van der Waals surface area contributed by atoms with Gasteiger partial charge in [-0.2, -0.15) is 0 Å². The van der Waals surface area contributed by atoms with Crippen LogP contribution >= 0.6 is 0 Å². The van der Waals surface area contributed by atoms with Gasteiger partial charge in [0.15, 0.2) is 11.5 Å². The van der Waals surface area contributed by atoms with Gasteiger partial charge in [-0.3, -0.25) is 0 Å². The summed E-state index contributed by atoms with van der Waals surface area (Å²) in [6.07, 6.45) is -0.0116. The Balaban J connectivity index is 1.57. The normalized spacial score (nSPS) is 16.8. The number of para-hydroxylation sites is 2. The fourth-order valence-corrected chi connectivity index (χ4v) is 2.12. The highest BCUT2D eigenvalue weighted by molar-refractivity contribution is 5.45. The Morgan fingerprint density at radius 3 is 2.55 bits per heavy atom. The van der Waals surface area contributed by atoms with Crippen LogP contribution in [-0.2, 0) is 6.61 Å². The van der Waals surface area contributed by atoms with Crippen LogP contribution in [0.4, 0.5) is 5.69 Å². The largest absolute Gasteiger partial charge is 0.486 e. The summed E-state index contributed by atoms with van der Waals surface area (Å²) in [7, 11) is 0. The summed E-state index contributed by atoms with van der Waals surface area (Å²) in [5, 5.41) is 12.3. The molecule has 3 rings (SSSR count). The van der Waals surface area contributed by atoms with Crippen LogP contribution < -0.4 is 14.8 Å². The molecule has 2 N–H and O–H groups in total. The third-order valence-corrected chi connectivity index (χ3v) is 3.24. The molecule has 1 heterocycles. The summed E-state index contributed by atoms with van der Waals surface area (Å²) in [6.45, 7) is 1.28. The second kappa shape index (κ2) is 5.84. The minimum Gasteiger partial charge on any atom is -0.486 e. The summed E-state index contributed by atoms with van der Waals surface area (Å²) in [5.41, 5.74) is 1.91. The summed E-state index contributed by atoms with van der Waals surface area (Å²) in [4.78, 5) is 0. The van der Waals surface area contributed by atoms with E-state index in [-0.39, 0.29) is 12.7 Å². The lowest BCUT2D eigenvalue weighted by Gasteiger charge is -2.26. The number of hydrogen-bond donors (Lipinski definition) is 2. The van der Waals surface area contributed by atoms with E-state index in [4.69, 9.17) is 14.6 Å². The fourth-order valence-electron chi connectivity index (χ4n) is 2.12. The molecule has 2 aromatic rings. The van der Waals surface area contributed by atoms with Crippen LogP contribution in [0.1, 0.15) is 5.56 Å². The van der Waals surface area contributed by atoms with Crippen LogP contribution in [0.15, 0.2) is 48.5 Å². The Bertz CT molecular complexity index is 568. The Hall–Kier alpha value is -2.20. The van der Waals surface area contributed by atoms with Gasteiger partial charge in [0.2, 0.25) is 0 Å². The van der Waals surface area contributed by atoms with Gasteiger partial charge in [0.25, 0.3) is 0 Å². The second-order valence-corrected chi connectivity index (χ2v) is 4.73. The molecule has 20 heavy (non-hydrogen) atoms. The van der Waals surface area contributed by atoms with E-state index in [0.717, 1.165) is 22.7 Å². The van der Waals surface area contributed by atoms with Gasteiger partial charge < -0.3 is 19.9 Å². The van der Waals surface area contributed by atoms with Crippen molar-refractivity contribution in [3.63, 3.8) is 0 Å². The van der Waals surface area contributed by atoms with E-state index in [2.05, 4.69) is 5.32 Å². The molecular formula is C16H17NO3. The summed E-state index contributed by atoms with van der Waals surface area (Å²) < 4.78 is 11.5. The van der Waals surface area contributed by atoms with E-state index in [0.29, 0.717) is 13.2 Å². The zero-order chi connectivity index (χ0) is 13.8. The minimum absolute atomic E-state index is 0.0116. The predicted molar refractivity (Wildman–Crippen MR) is 77.2 cm³/mol. The number of nitrogens with one attached hydrogen (secondary N) is 1. The topological polar surface area (TPSA) is 50.7 Å². The van der Waals surface area contributed by atoms with Gasteiger partial charge in [-0.1, -0.05) is 24.3 Å². The van der Waals surface area contributed by atoms with Crippen LogP contribution in [0.2, 0.25) is 0 Å². The molecule has 0 fully saturated rings. The lowest BCUT2D eigenvalue weighted by Crippen LogP contribution is -2.35. The number of anilines is 1. The molecule has 1 atom stereocenters. The lowest BCUT2D eigenvalue weighted by molar-refractivity contribution is 0.0997. The zero-order valence-electron chi connectivity index (χ0n) is 11.1. The summed E-state index contributed by atoms with van der Waals surface area (Å²) >= 11 is 0. The number of aliphatic hydroxyl groups is 1. The molecule has 0 amide bonds. The zero-order valence-corrected chi connectivity index (χ0v) is 11.1. The molecule has 1 unspecified atom stereocenters. The van der Waals surface area contributed by atoms with Gasteiger partial charge >= 0.3 is 0 Å². The van der Waals surface area contributed by atoms with Gasteiger partial charge in [0.05, 0.1) is 13.2 Å². The van der Waals surface area contributed by atoms with Crippen molar-refractivity contribution < 1.29 is 14.6 Å². The van der Waals surface area contributed by atoms with Crippen molar-refractivity contribution in [1.82, 2.24) is 0 Å². The van der Waals surface area contributed by atoms with Gasteiger partial charge in [0, 0.05) is 5.69 Å². The maximum Gasteiger partial charge on any atom is 0.161 e. The van der Waals surface area contributed by atoms with E-state index in [1.54, 1.807) is 0 Å². The SMILES string of the molecule is OCc1ccc(NCC2COc3ccccc3O2)cc1. The van der Waals surface area contributed by atoms with Crippen LogP contribution in [0.25, 0.3) is 0 Å². The average Bonchev–Trinajstić information content (AvgIpc) is 2.53. The first-order valence-corrected chi connectivity index (χ1v) is 6.67. The average molecular weight is 271 g/mol. The molecule has 0 aromatic heterocycles. The van der Waals surface area contributed by atoms with E-state index in [9.17, 15) is 0 Å². The highest BCUT2D eigenvalue weighted by Gasteiger charge is 2.20. The number of hydrogen-bond acceptors (Lipinski definition) is 4. The van der Waals surface area contributed by atoms with Gasteiger partial charge in [-0.15, -0.1) is 0 Å². The number of rotatable bonds is 4. The van der Waals surface area contributed by atoms with Gasteiger partial charge in [-0.25, -0.2) is 0 Å². The van der Waals surface area contributed by atoms with Crippen molar-refractivity contribution in [3.8, 4) is 11.5 Å². The number of fused-ring (bicyclic) bond motifs is 1. The van der Waals surface area contributed by atoms with Gasteiger partial charge in [0.1, 0.15) is 12.7 Å².